The summed E-state index contributed by atoms with van der Waals surface area (Å²) in [7, 11) is 0. The van der Waals surface area contributed by atoms with Crippen LogP contribution in [-0.2, 0) is 9.59 Å². The zero-order chi connectivity index (χ0) is 25.3. The Morgan fingerprint density at radius 2 is 1.97 bits per heavy atom. The van der Waals surface area contributed by atoms with E-state index in [9.17, 15) is 19.5 Å². The zero-order valence-corrected chi connectivity index (χ0v) is 20.5. The van der Waals surface area contributed by atoms with Crippen molar-refractivity contribution >= 4 is 51.3 Å². The third-order valence-electron chi connectivity index (χ3n) is 5.41. The number of carbonyl (C=O) groups excluding carboxylic acids is 3. The molecule has 1 fully saturated rings. The number of Topliss-reactive ketones (excluding diaryl/α,β-unsaturated/α-hetero) is 2. The molecule has 7 nitrogen and oxygen atoms in total. The summed E-state index contributed by atoms with van der Waals surface area (Å²) in [6, 6.07) is 12.2. The SMILES string of the molecule is C=CCOc1cccc(C2/C(=C(\O)c3ccc(Cl)cc3)C(=O)C(=O)N2c2nc(C)c(C(C)=O)s2)c1. The average molecular weight is 509 g/mol. The van der Waals surface area contributed by atoms with E-state index in [1.807, 2.05) is 0 Å². The summed E-state index contributed by atoms with van der Waals surface area (Å²) in [4.78, 5) is 44.6. The summed E-state index contributed by atoms with van der Waals surface area (Å²) in [5.74, 6) is -1.76. The summed E-state index contributed by atoms with van der Waals surface area (Å²) < 4.78 is 5.64. The number of ketones is 2. The highest BCUT2D eigenvalue weighted by molar-refractivity contribution is 7.18. The summed E-state index contributed by atoms with van der Waals surface area (Å²) >= 11 is 7.00. The van der Waals surface area contributed by atoms with Crippen molar-refractivity contribution in [2.45, 2.75) is 19.9 Å². The lowest BCUT2D eigenvalue weighted by Crippen LogP contribution is -2.29. The minimum atomic E-state index is -0.997. The van der Waals surface area contributed by atoms with Crippen LogP contribution in [0.25, 0.3) is 5.76 Å². The van der Waals surface area contributed by atoms with E-state index >= 15 is 0 Å². The first-order valence-corrected chi connectivity index (χ1v) is 11.8. The molecule has 1 amide bonds. The molecule has 0 bridgehead atoms. The first-order chi connectivity index (χ1) is 16.7. The zero-order valence-electron chi connectivity index (χ0n) is 18.9. The van der Waals surface area contributed by atoms with Crippen molar-refractivity contribution in [3.8, 4) is 5.75 Å². The Hall–Kier alpha value is -3.75. The minimum absolute atomic E-state index is 0.101. The third kappa shape index (κ3) is 4.62. The molecule has 9 heteroatoms. The van der Waals surface area contributed by atoms with E-state index in [2.05, 4.69) is 11.6 Å². The number of halogens is 1. The van der Waals surface area contributed by atoms with Gasteiger partial charge in [-0.25, -0.2) is 4.98 Å². The second kappa shape index (κ2) is 9.85. The van der Waals surface area contributed by atoms with Crippen LogP contribution in [-0.4, -0.2) is 34.2 Å². The van der Waals surface area contributed by atoms with E-state index in [1.54, 1.807) is 61.5 Å². The van der Waals surface area contributed by atoms with Crippen LogP contribution in [0.3, 0.4) is 0 Å². The molecule has 1 aliphatic rings. The van der Waals surface area contributed by atoms with E-state index in [1.165, 1.54) is 11.8 Å². The molecule has 1 saturated heterocycles. The van der Waals surface area contributed by atoms with Gasteiger partial charge in [-0.3, -0.25) is 19.3 Å². The summed E-state index contributed by atoms with van der Waals surface area (Å²) in [5, 5.41) is 11.8. The molecule has 3 aromatic rings. The number of nitrogens with zero attached hydrogens (tertiary/aromatic N) is 2. The number of rotatable bonds is 7. The van der Waals surface area contributed by atoms with Gasteiger partial charge in [-0.05, 0) is 48.9 Å². The molecule has 1 aromatic heterocycles. The van der Waals surface area contributed by atoms with Crippen LogP contribution < -0.4 is 9.64 Å². The number of thiazole rings is 1. The highest BCUT2D eigenvalue weighted by Crippen LogP contribution is 2.44. The van der Waals surface area contributed by atoms with Crippen LogP contribution in [0.4, 0.5) is 5.13 Å². The van der Waals surface area contributed by atoms with Gasteiger partial charge in [0.1, 0.15) is 18.1 Å². The second-order valence-electron chi connectivity index (χ2n) is 7.82. The number of ether oxygens (including phenoxy) is 1. The molecule has 0 aliphatic carbocycles. The van der Waals surface area contributed by atoms with Gasteiger partial charge in [0, 0.05) is 17.5 Å². The monoisotopic (exact) mass is 508 g/mol. The molecule has 1 aliphatic heterocycles. The number of amides is 1. The van der Waals surface area contributed by atoms with Crippen molar-refractivity contribution in [2.24, 2.45) is 0 Å². The number of aromatic nitrogens is 1. The maximum atomic E-state index is 13.3. The molecule has 0 saturated carbocycles. The van der Waals surface area contributed by atoms with E-state index in [0.717, 1.165) is 11.3 Å². The van der Waals surface area contributed by atoms with Crippen LogP contribution >= 0.6 is 22.9 Å². The number of hydrogen-bond acceptors (Lipinski definition) is 7. The second-order valence-corrected chi connectivity index (χ2v) is 9.23. The molecule has 35 heavy (non-hydrogen) atoms. The van der Waals surface area contributed by atoms with Gasteiger partial charge in [0.15, 0.2) is 10.9 Å². The molecule has 4 rings (SSSR count). The topological polar surface area (TPSA) is 96.8 Å². The van der Waals surface area contributed by atoms with Gasteiger partial charge in [0.25, 0.3) is 5.78 Å². The molecule has 178 valence electrons. The lowest BCUT2D eigenvalue weighted by atomic mass is 9.95. The number of anilines is 1. The molecule has 1 N–H and O–H groups in total. The van der Waals surface area contributed by atoms with E-state index < -0.39 is 17.7 Å². The van der Waals surface area contributed by atoms with Gasteiger partial charge in [0.05, 0.1) is 22.2 Å². The molecular weight excluding hydrogens is 488 g/mol. The average Bonchev–Trinajstić information content (AvgIpc) is 3.35. The van der Waals surface area contributed by atoms with Gasteiger partial charge in [0.2, 0.25) is 0 Å². The fraction of sp³-hybridized carbons (Fsp3) is 0.154. The van der Waals surface area contributed by atoms with Crippen LogP contribution in [0, 0.1) is 6.92 Å². The Balaban J connectivity index is 1.93. The summed E-state index contributed by atoms with van der Waals surface area (Å²) in [6.07, 6.45) is 1.60. The number of aliphatic hydroxyl groups is 1. The van der Waals surface area contributed by atoms with Crippen molar-refractivity contribution in [1.29, 1.82) is 0 Å². The van der Waals surface area contributed by atoms with E-state index in [-0.39, 0.29) is 28.9 Å². The predicted octanol–water partition coefficient (Wildman–Crippen LogP) is 5.50. The van der Waals surface area contributed by atoms with Gasteiger partial charge < -0.3 is 9.84 Å². The molecule has 1 unspecified atom stereocenters. The smallest absolute Gasteiger partial charge is 0.301 e. The minimum Gasteiger partial charge on any atom is -0.507 e. The lowest BCUT2D eigenvalue weighted by Gasteiger charge is -2.23. The standard InChI is InChI=1S/C26H21ClN2O5S/c1-4-12-34-19-7-5-6-17(13-19)21-20(22(31)16-8-10-18(27)11-9-16)23(32)25(33)29(21)26-28-14(2)24(35-26)15(3)30/h4-11,13,21,31H,1,12H2,2-3H3/b22-20+. The maximum absolute atomic E-state index is 13.3. The number of carbonyl (C=O) groups is 3. The fourth-order valence-corrected chi connectivity index (χ4v) is 4.96. The Labute approximate surface area is 210 Å². The summed E-state index contributed by atoms with van der Waals surface area (Å²) in [5.41, 5.74) is 1.21. The van der Waals surface area contributed by atoms with E-state index in [4.69, 9.17) is 16.3 Å². The van der Waals surface area contributed by atoms with E-state index in [0.29, 0.717) is 32.5 Å². The Morgan fingerprint density at radius 3 is 2.60 bits per heavy atom. The van der Waals surface area contributed by atoms with Crippen molar-refractivity contribution in [3.05, 3.63) is 93.5 Å². The molecule has 0 spiro atoms. The molecule has 1 atom stereocenters. The van der Waals surface area contributed by atoms with Gasteiger partial charge in [-0.2, -0.15) is 0 Å². The quantitative estimate of drug-likeness (QED) is 0.149. The maximum Gasteiger partial charge on any atom is 0.301 e. The molecular formula is C26H21ClN2O5S. The van der Waals surface area contributed by atoms with Crippen molar-refractivity contribution in [1.82, 2.24) is 4.98 Å². The molecule has 2 heterocycles. The number of aliphatic hydroxyl groups excluding tert-OH is 1. The highest BCUT2D eigenvalue weighted by Gasteiger charge is 2.48. The van der Waals surface area contributed by atoms with Crippen LogP contribution in [0.1, 0.15) is 39.5 Å². The lowest BCUT2D eigenvalue weighted by molar-refractivity contribution is -0.132. The van der Waals surface area contributed by atoms with Crippen LogP contribution in [0.2, 0.25) is 5.02 Å². The number of aryl methyl sites for hydroxylation is 1. The highest BCUT2D eigenvalue weighted by atomic mass is 35.5. The van der Waals surface area contributed by atoms with Gasteiger partial charge in [-0.1, -0.05) is 47.7 Å². The first kappa shape index (κ1) is 24.4. The van der Waals surface area contributed by atoms with Gasteiger partial charge >= 0.3 is 5.91 Å². The van der Waals surface area contributed by atoms with Crippen LogP contribution in [0.15, 0.2) is 66.8 Å². The largest absolute Gasteiger partial charge is 0.507 e. The third-order valence-corrected chi connectivity index (χ3v) is 6.92. The van der Waals surface area contributed by atoms with Crippen molar-refractivity contribution in [3.63, 3.8) is 0 Å². The van der Waals surface area contributed by atoms with Crippen molar-refractivity contribution < 1.29 is 24.2 Å². The van der Waals surface area contributed by atoms with Gasteiger partial charge in [-0.15, -0.1) is 0 Å². The Bertz CT molecular complexity index is 1380. The first-order valence-electron chi connectivity index (χ1n) is 10.6. The van der Waals surface area contributed by atoms with Crippen LogP contribution in [0.5, 0.6) is 5.75 Å². The predicted molar refractivity (Wildman–Crippen MR) is 135 cm³/mol. The summed E-state index contributed by atoms with van der Waals surface area (Å²) in [6.45, 7) is 6.99. The number of benzene rings is 2. The van der Waals surface area contributed by atoms with Crippen molar-refractivity contribution in [2.75, 3.05) is 11.5 Å². The normalized spacial score (nSPS) is 17.0. The Morgan fingerprint density at radius 1 is 1.26 bits per heavy atom. The molecule has 2 aromatic carbocycles. The molecule has 0 radical (unpaired) electrons. The number of hydrogen-bond donors (Lipinski definition) is 1. The fourth-order valence-electron chi connectivity index (χ4n) is 3.85. The Kier molecular flexibility index (Phi) is 6.86.